The average molecular weight is 380 g/mol. The molecule has 1 aromatic heterocycles. The number of aryl methyl sites for hydroxylation is 2. The number of amides is 1. The van der Waals surface area contributed by atoms with E-state index in [0.717, 1.165) is 15.7 Å². The molecular weight excluding hydrogens is 360 g/mol. The van der Waals surface area contributed by atoms with Gasteiger partial charge in [-0.1, -0.05) is 18.2 Å². The number of nitro benzene ring substituents is 1. The number of nitrogens with one attached hydrogen (secondary N) is 1. The fourth-order valence-corrected chi connectivity index (χ4v) is 2.93. The van der Waals surface area contributed by atoms with Gasteiger partial charge in [0.05, 0.1) is 28.2 Å². The van der Waals surface area contributed by atoms with Gasteiger partial charge in [-0.3, -0.25) is 24.3 Å². The van der Waals surface area contributed by atoms with Crippen LogP contribution < -0.4 is 10.9 Å². The number of hydrogen-bond acceptors (Lipinski definition) is 5. The van der Waals surface area contributed by atoms with E-state index in [0.29, 0.717) is 5.52 Å². The average Bonchev–Trinajstić information content (AvgIpc) is 2.65. The Morgan fingerprint density at radius 2 is 1.96 bits per heavy atom. The number of carbonyl (C=O) groups excluding carboxylic acids is 1. The minimum atomic E-state index is -0.575. The predicted molar refractivity (Wildman–Crippen MR) is 105 cm³/mol. The zero-order valence-corrected chi connectivity index (χ0v) is 15.8. The van der Waals surface area contributed by atoms with Gasteiger partial charge < -0.3 is 5.32 Å². The summed E-state index contributed by atoms with van der Waals surface area (Å²) >= 11 is 0. The maximum atomic E-state index is 12.6. The van der Waals surface area contributed by atoms with Crippen molar-refractivity contribution in [3.05, 3.63) is 79.9 Å². The zero-order valence-electron chi connectivity index (χ0n) is 15.8. The van der Waals surface area contributed by atoms with Crippen LogP contribution in [0.4, 0.5) is 5.69 Å². The summed E-state index contributed by atoms with van der Waals surface area (Å²) in [5, 5.41) is 13.9. The van der Waals surface area contributed by atoms with Crippen LogP contribution in [0.5, 0.6) is 0 Å². The third kappa shape index (κ3) is 3.90. The minimum absolute atomic E-state index is 0.103. The SMILES string of the molecule is Cc1ccc([C@H](C)NC(=O)Cn2cnc3ccc([N+](=O)[O-])cc3c2=O)cc1C. The third-order valence-electron chi connectivity index (χ3n) is 4.74. The number of nitro groups is 1. The van der Waals surface area contributed by atoms with E-state index >= 15 is 0 Å². The Kier molecular flexibility index (Phi) is 5.21. The van der Waals surface area contributed by atoms with E-state index in [2.05, 4.69) is 10.3 Å². The summed E-state index contributed by atoms with van der Waals surface area (Å²) in [4.78, 5) is 39.5. The molecule has 0 bridgehead atoms. The Bertz CT molecular complexity index is 1140. The largest absolute Gasteiger partial charge is 0.348 e. The molecule has 0 fully saturated rings. The molecule has 0 unspecified atom stereocenters. The van der Waals surface area contributed by atoms with Crippen molar-refractivity contribution in [1.29, 1.82) is 0 Å². The molecule has 1 amide bonds. The Morgan fingerprint density at radius 3 is 2.64 bits per heavy atom. The van der Waals surface area contributed by atoms with E-state index in [9.17, 15) is 19.7 Å². The van der Waals surface area contributed by atoms with Crippen LogP contribution in [-0.4, -0.2) is 20.4 Å². The molecule has 0 saturated carbocycles. The van der Waals surface area contributed by atoms with Gasteiger partial charge in [0.1, 0.15) is 6.54 Å². The Labute approximate surface area is 161 Å². The molecule has 144 valence electrons. The number of fused-ring (bicyclic) bond motifs is 1. The van der Waals surface area contributed by atoms with Crippen LogP contribution in [-0.2, 0) is 11.3 Å². The van der Waals surface area contributed by atoms with Crippen LogP contribution >= 0.6 is 0 Å². The maximum absolute atomic E-state index is 12.6. The van der Waals surface area contributed by atoms with Gasteiger partial charge in [0.25, 0.3) is 11.2 Å². The normalized spacial score (nSPS) is 12.0. The first-order valence-electron chi connectivity index (χ1n) is 8.76. The molecule has 8 heteroatoms. The molecule has 0 aliphatic rings. The van der Waals surface area contributed by atoms with Crippen LogP contribution in [0.25, 0.3) is 10.9 Å². The lowest BCUT2D eigenvalue weighted by atomic mass is 10.0. The molecular formula is C20H20N4O4. The lowest BCUT2D eigenvalue weighted by Crippen LogP contribution is -2.34. The van der Waals surface area contributed by atoms with E-state index in [1.54, 1.807) is 0 Å². The van der Waals surface area contributed by atoms with Gasteiger partial charge in [0.15, 0.2) is 0 Å². The van der Waals surface area contributed by atoms with Gasteiger partial charge in [-0.15, -0.1) is 0 Å². The number of rotatable bonds is 5. The Hall–Kier alpha value is -3.55. The smallest absolute Gasteiger partial charge is 0.270 e. The first-order chi connectivity index (χ1) is 13.3. The third-order valence-corrected chi connectivity index (χ3v) is 4.74. The monoisotopic (exact) mass is 380 g/mol. The molecule has 8 nitrogen and oxygen atoms in total. The van der Waals surface area contributed by atoms with E-state index in [4.69, 9.17) is 0 Å². The molecule has 1 N–H and O–H groups in total. The highest BCUT2D eigenvalue weighted by Crippen LogP contribution is 2.17. The van der Waals surface area contributed by atoms with Gasteiger partial charge in [0, 0.05) is 12.1 Å². The molecule has 1 atom stereocenters. The molecule has 0 radical (unpaired) electrons. The van der Waals surface area contributed by atoms with Crippen molar-refractivity contribution >= 4 is 22.5 Å². The van der Waals surface area contributed by atoms with Crippen LogP contribution in [0, 0.1) is 24.0 Å². The first kappa shape index (κ1) is 19.2. The second kappa shape index (κ2) is 7.59. The lowest BCUT2D eigenvalue weighted by Gasteiger charge is -2.16. The summed E-state index contributed by atoms with van der Waals surface area (Å²) in [5.41, 5.74) is 2.92. The fraction of sp³-hybridized carbons (Fsp3) is 0.250. The van der Waals surface area contributed by atoms with Crippen molar-refractivity contribution in [3.8, 4) is 0 Å². The fourth-order valence-electron chi connectivity index (χ4n) is 2.93. The minimum Gasteiger partial charge on any atom is -0.348 e. The summed E-state index contributed by atoms with van der Waals surface area (Å²) in [5.74, 6) is -0.348. The Balaban J connectivity index is 1.80. The van der Waals surface area contributed by atoms with Crippen LogP contribution in [0.2, 0.25) is 0 Å². The molecule has 3 aromatic rings. The van der Waals surface area contributed by atoms with Gasteiger partial charge in [-0.05, 0) is 43.5 Å². The van der Waals surface area contributed by atoms with E-state index in [1.807, 2.05) is 39.0 Å². The van der Waals surface area contributed by atoms with Crippen molar-refractivity contribution in [2.75, 3.05) is 0 Å². The topological polar surface area (TPSA) is 107 Å². The molecule has 0 spiro atoms. The van der Waals surface area contributed by atoms with E-state index in [-0.39, 0.29) is 29.6 Å². The van der Waals surface area contributed by atoms with E-state index < -0.39 is 10.5 Å². The Morgan fingerprint density at radius 1 is 1.21 bits per heavy atom. The highest BCUT2D eigenvalue weighted by molar-refractivity contribution is 5.81. The summed E-state index contributed by atoms with van der Waals surface area (Å²) < 4.78 is 1.15. The molecule has 0 aliphatic heterocycles. The molecule has 28 heavy (non-hydrogen) atoms. The summed E-state index contributed by atoms with van der Waals surface area (Å²) in [7, 11) is 0. The number of non-ortho nitro benzene ring substituents is 1. The van der Waals surface area contributed by atoms with Crippen molar-refractivity contribution in [2.45, 2.75) is 33.4 Å². The second-order valence-corrected chi connectivity index (χ2v) is 6.77. The lowest BCUT2D eigenvalue weighted by molar-refractivity contribution is -0.384. The number of nitrogens with zero attached hydrogens (tertiary/aromatic N) is 3. The van der Waals surface area contributed by atoms with E-state index in [1.165, 1.54) is 30.1 Å². The van der Waals surface area contributed by atoms with Gasteiger partial charge in [-0.2, -0.15) is 0 Å². The molecule has 1 heterocycles. The second-order valence-electron chi connectivity index (χ2n) is 6.77. The number of carbonyl (C=O) groups is 1. The molecule has 3 rings (SSSR count). The van der Waals surface area contributed by atoms with Gasteiger partial charge >= 0.3 is 0 Å². The van der Waals surface area contributed by atoms with Gasteiger partial charge in [-0.25, -0.2) is 4.98 Å². The maximum Gasteiger partial charge on any atom is 0.270 e. The summed E-state index contributed by atoms with van der Waals surface area (Å²) in [6.07, 6.45) is 1.27. The standard InChI is InChI=1S/C20H20N4O4/c1-12-4-5-15(8-13(12)2)14(3)22-19(25)10-23-11-21-18-7-6-16(24(27)28)9-17(18)20(23)26/h4-9,11,14H,10H2,1-3H3,(H,22,25)/t14-/m0/s1. The highest BCUT2D eigenvalue weighted by Gasteiger charge is 2.14. The molecule has 0 aliphatic carbocycles. The van der Waals surface area contributed by atoms with Gasteiger partial charge in [0.2, 0.25) is 5.91 Å². The molecule has 0 saturated heterocycles. The first-order valence-corrected chi connectivity index (χ1v) is 8.76. The number of benzene rings is 2. The quantitative estimate of drug-likeness (QED) is 0.541. The number of hydrogen-bond donors (Lipinski definition) is 1. The molecule has 2 aromatic carbocycles. The van der Waals surface area contributed by atoms with Crippen LogP contribution in [0.15, 0.2) is 47.5 Å². The van der Waals surface area contributed by atoms with Crippen molar-refractivity contribution < 1.29 is 9.72 Å². The summed E-state index contributed by atoms with van der Waals surface area (Å²) in [6.45, 7) is 5.67. The zero-order chi connectivity index (χ0) is 20.4. The van der Waals surface area contributed by atoms with Crippen molar-refractivity contribution in [3.63, 3.8) is 0 Å². The summed E-state index contributed by atoms with van der Waals surface area (Å²) in [6, 6.07) is 9.63. The number of aromatic nitrogens is 2. The van der Waals surface area contributed by atoms with Crippen molar-refractivity contribution in [1.82, 2.24) is 14.9 Å². The van der Waals surface area contributed by atoms with Crippen LogP contribution in [0.1, 0.15) is 29.7 Å². The predicted octanol–water partition coefficient (Wildman–Crippen LogP) is 2.80. The highest BCUT2D eigenvalue weighted by atomic mass is 16.6. The van der Waals surface area contributed by atoms with Crippen LogP contribution in [0.3, 0.4) is 0 Å². The van der Waals surface area contributed by atoms with Crippen molar-refractivity contribution in [2.24, 2.45) is 0 Å².